The third kappa shape index (κ3) is 3.16. The van der Waals surface area contributed by atoms with Crippen LogP contribution in [0.5, 0.6) is 5.75 Å². The molecular formula is C14H23NO. The lowest BCUT2D eigenvalue weighted by Gasteiger charge is -2.24. The Morgan fingerprint density at radius 1 is 1.19 bits per heavy atom. The first-order valence-corrected chi connectivity index (χ1v) is 5.83. The molecule has 0 heterocycles. The van der Waals surface area contributed by atoms with Gasteiger partial charge >= 0.3 is 0 Å². The van der Waals surface area contributed by atoms with Crippen LogP contribution in [0, 0.1) is 0 Å². The Bertz CT molecular complexity index is 350. The first-order chi connectivity index (χ1) is 7.34. The predicted octanol–water partition coefficient (Wildman–Crippen LogP) is 3.81. The average Bonchev–Trinajstić information content (AvgIpc) is 2.15. The van der Waals surface area contributed by atoms with E-state index in [0.29, 0.717) is 0 Å². The monoisotopic (exact) mass is 221 g/mol. The first-order valence-electron chi connectivity index (χ1n) is 5.83. The second-order valence-corrected chi connectivity index (χ2v) is 5.38. The summed E-state index contributed by atoms with van der Waals surface area (Å²) >= 11 is 0. The summed E-state index contributed by atoms with van der Waals surface area (Å²) in [6.07, 6.45) is 0.210. The lowest BCUT2D eigenvalue weighted by atomic mass is 9.86. The van der Waals surface area contributed by atoms with Crippen molar-refractivity contribution in [1.82, 2.24) is 0 Å². The first kappa shape index (κ1) is 12.9. The smallest absolute Gasteiger partial charge is 0.123 e. The molecular weight excluding hydrogens is 198 g/mol. The van der Waals surface area contributed by atoms with Crippen LogP contribution >= 0.6 is 0 Å². The van der Waals surface area contributed by atoms with E-state index in [1.165, 1.54) is 5.56 Å². The fourth-order valence-electron chi connectivity index (χ4n) is 1.63. The molecule has 0 radical (unpaired) electrons. The fraction of sp³-hybridized carbons (Fsp3) is 0.571. The molecule has 16 heavy (non-hydrogen) atoms. The Labute approximate surface area is 99.0 Å². The molecule has 1 rings (SSSR count). The number of ether oxygens (including phenoxy) is 1. The molecule has 0 saturated carbocycles. The van der Waals surface area contributed by atoms with Gasteiger partial charge in [-0.2, -0.15) is 0 Å². The van der Waals surface area contributed by atoms with Crippen molar-refractivity contribution in [2.75, 3.05) is 12.4 Å². The van der Waals surface area contributed by atoms with Crippen molar-refractivity contribution in [2.45, 2.75) is 46.1 Å². The minimum atomic E-state index is 0.0943. The third-order valence-electron chi connectivity index (χ3n) is 2.44. The van der Waals surface area contributed by atoms with Crippen LogP contribution in [0.25, 0.3) is 0 Å². The van der Waals surface area contributed by atoms with Gasteiger partial charge in [0, 0.05) is 18.3 Å². The number of hydrogen-bond acceptors (Lipinski definition) is 2. The molecule has 0 aliphatic rings. The van der Waals surface area contributed by atoms with E-state index in [1.807, 2.05) is 19.2 Å². The molecule has 0 aromatic heterocycles. The summed E-state index contributed by atoms with van der Waals surface area (Å²) in [5, 5.41) is 3.16. The molecule has 0 spiro atoms. The maximum Gasteiger partial charge on any atom is 0.123 e. The summed E-state index contributed by atoms with van der Waals surface area (Å²) in [5.74, 6) is 0.988. The van der Waals surface area contributed by atoms with E-state index in [1.54, 1.807) is 0 Å². The maximum atomic E-state index is 5.84. The minimum Gasteiger partial charge on any atom is -0.491 e. The molecule has 0 bridgehead atoms. The Kier molecular flexibility index (Phi) is 3.84. The summed E-state index contributed by atoms with van der Waals surface area (Å²) in [4.78, 5) is 0. The third-order valence-corrected chi connectivity index (χ3v) is 2.44. The summed E-state index contributed by atoms with van der Waals surface area (Å²) in [5.41, 5.74) is 2.46. The molecule has 0 amide bonds. The highest BCUT2D eigenvalue weighted by atomic mass is 16.5. The summed E-state index contributed by atoms with van der Waals surface area (Å²) < 4.78 is 5.84. The molecule has 0 saturated heterocycles. The van der Waals surface area contributed by atoms with Gasteiger partial charge in [0.25, 0.3) is 0 Å². The zero-order valence-electron chi connectivity index (χ0n) is 11.2. The van der Waals surface area contributed by atoms with Crippen molar-refractivity contribution in [2.24, 2.45) is 0 Å². The Morgan fingerprint density at radius 3 is 2.25 bits per heavy atom. The van der Waals surface area contributed by atoms with Crippen LogP contribution in [-0.4, -0.2) is 13.2 Å². The van der Waals surface area contributed by atoms with Crippen LogP contribution in [0.3, 0.4) is 0 Å². The highest BCUT2D eigenvalue weighted by molar-refractivity contribution is 5.53. The second-order valence-electron chi connectivity index (χ2n) is 5.38. The largest absolute Gasteiger partial charge is 0.491 e. The van der Waals surface area contributed by atoms with Gasteiger partial charge in [-0.25, -0.2) is 0 Å². The number of hydrogen-bond donors (Lipinski definition) is 1. The van der Waals surface area contributed by atoms with Gasteiger partial charge in [-0.3, -0.25) is 0 Å². The molecule has 1 N–H and O–H groups in total. The number of nitrogens with one attached hydrogen (secondary N) is 1. The van der Waals surface area contributed by atoms with Gasteiger partial charge in [-0.15, -0.1) is 0 Å². The van der Waals surface area contributed by atoms with Crippen molar-refractivity contribution >= 4 is 5.69 Å². The van der Waals surface area contributed by atoms with Crippen molar-refractivity contribution in [3.8, 4) is 5.75 Å². The van der Waals surface area contributed by atoms with Crippen LogP contribution in [0.1, 0.15) is 40.2 Å². The van der Waals surface area contributed by atoms with Gasteiger partial charge in [0.1, 0.15) is 5.75 Å². The quantitative estimate of drug-likeness (QED) is 0.838. The highest BCUT2D eigenvalue weighted by Gasteiger charge is 2.19. The van der Waals surface area contributed by atoms with Crippen LogP contribution in [0.4, 0.5) is 5.69 Å². The van der Waals surface area contributed by atoms with Crippen molar-refractivity contribution in [1.29, 1.82) is 0 Å². The van der Waals surface area contributed by atoms with Crippen LogP contribution < -0.4 is 10.1 Å². The average molecular weight is 221 g/mol. The van der Waals surface area contributed by atoms with E-state index in [0.717, 1.165) is 11.4 Å². The van der Waals surface area contributed by atoms with E-state index < -0.39 is 0 Å². The molecule has 1 aromatic rings. The molecule has 0 aliphatic carbocycles. The molecule has 0 aliphatic heterocycles. The van der Waals surface area contributed by atoms with E-state index >= 15 is 0 Å². The van der Waals surface area contributed by atoms with Gasteiger partial charge < -0.3 is 10.1 Å². The molecule has 0 unspecified atom stereocenters. The lowest BCUT2D eigenvalue weighted by molar-refractivity contribution is 0.236. The van der Waals surface area contributed by atoms with Gasteiger partial charge in [-0.1, -0.05) is 20.8 Å². The zero-order valence-corrected chi connectivity index (χ0v) is 11.2. The number of benzene rings is 1. The van der Waals surface area contributed by atoms with E-state index in [2.05, 4.69) is 46.0 Å². The topological polar surface area (TPSA) is 21.3 Å². The predicted molar refractivity (Wildman–Crippen MR) is 70.5 cm³/mol. The van der Waals surface area contributed by atoms with Crippen LogP contribution in [0.2, 0.25) is 0 Å². The lowest BCUT2D eigenvalue weighted by Crippen LogP contribution is -2.16. The fourth-order valence-corrected chi connectivity index (χ4v) is 1.63. The SMILES string of the molecule is CNc1ccc(OC(C)C)c(C(C)(C)C)c1. The van der Waals surface area contributed by atoms with E-state index in [9.17, 15) is 0 Å². The maximum absolute atomic E-state index is 5.84. The Balaban J connectivity index is 3.17. The summed E-state index contributed by atoms with van der Waals surface area (Å²) in [7, 11) is 1.94. The van der Waals surface area contributed by atoms with Crippen molar-refractivity contribution in [3.05, 3.63) is 23.8 Å². The molecule has 0 atom stereocenters. The molecule has 0 fully saturated rings. The van der Waals surface area contributed by atoms with Gasteiger partial charge in [-0.05, 0) is 37.5 Å². The minimum absolute atomic E-state index is 0.0943. The van der Waals surface area contributed by atoms with Crippen molar-refractivity contribution < 1.29 is 4.74 Å². The van der Waals surface area contributed by atoms with Crippen molar-refractivity contribution in [3.63, 3.8) is 0 Å². The molecule has 2 heteroatoms. The highest BCUT2D eigenvalue weighted by Crippen LogP contribution is 2.34. The second kappa shape index (κ2) is 4.77. The van der Waals surface area contributed by atoms with Gasteiger partial charge in [0.05, 0.1) is 6.10 Å². The molecule has 90 valence electrons. The summed E-state index contributed by atoms with van der Waals surface area (Å²) in [6.45, 7) is 10.7. The zero-order chi connectivity index (χ0) is 12.3. The van der Waals surface area contributed by atoms with Gasteiger partial charge in [0.15, 0.2) is 0 Å². The standard InChI is InChI=1S/C14H23NO/c1-10(2)16-13-8-7-11(15-6)9-12(13)14(3,4)5/h7-10,15H,1-6H3. The number of anilines is 1. The van der Waals surface area contributed by atoms with Gasteiger partial charge in [0.2, 0.25) is 0 Å². The Morgan fingerprint density at radius 2 is 1.81 bits per heavy atom. The Hall–Kier alpha value is -1.18. The van der Waals surface area contributed by atoms with Crippen LogP contribution in [0.15, 0.2) is 18.2 Å². The molecule has 2 nitrogen and oxygen atoms in total. The summed E-state index contributed by atoms with van der Waals surface area (Å²) in [6, 6.07) is 6.26. The van der Waals surface area contributed by atoms with Crippen LogP contribution in [-0.2, 0) is 5.41 Å². The van der Waals surface area contributed by atoms with E-state index in [4.69, 9.17) is 4.74 Å². The van der Waals surface area contributed by atoms with E-state index in [-0.39, 0.29) is 11.5 Å². The molecule has 1 aromatic carbocycles. The number of rotatable bonds is 3. The normalized spacial score (nSPS) is 11.7.